The molecule has 31 heavy (non-hydrogen) atoms. The highest BCUT2D eigenvalue weighted by Gasteiger charge is 2.42. The van der Waals surface area contributed by atoms with E-state index < -0.39 is 16.8 Å². The molecule has 9 heteroatoms. The Morgan fingerprint density at radius 3 is 2.58 bits per heavy atom. The monoisotopic (exact) mass is 428 g/mol. The van der Waals surface area contributed by atoms with Gasteiger partial charge in [0.2, 0.25) is 0 Å². The van der Waals surface area contributed by atoms with E-state index in [0.717, 1.165) is 0 Å². The molecule has 164 valence electrons. The number of hydrogen-bond donors (Lipinski definition) is 1. The maximum Gasteiger partial charge on any atom is 0.337 e. The molecule has 0 saturated carbocycles. The van der Waals surface area contributed by atoms with Crippen LogP contribution in [0.15, 0.2) is 47.3 Å². The van der Waals surface area contributed by atoms with Gasteiger partial charge < -0.3 is 19.5 Å². The second-order valence-corrected chi connectivity index (χ2v) is 7.18. The van der Waals surface area contributed by atoms with E-state index in [1.165, 1.54) is 32.4 Å². The van der Waals surface area contributed by atoms with E-state index in [1.54, 1.807) is 6.92 Å². The molecule has 1 atom stereocenters. The number of benzene rings is 1. The molecular weight excluding hydrogens is 404 g/mol. The molecule has 1 heterocycles. The second kappa shape index (κ2) is 9.03. The van der Waals surface area contributed by atoms with Gasteiger partial charge in [-0.05, 0) is 25.8 Å². The van der Waals surface area contributed by atoms with Crippen LogP contribution in [0, 0.1) is 10.1 Å². The molecule has 0 amide bonds. The fraction of sp³-hybridized carbons (Fsp3) is 0.364. The van der Waals surface area contributed by atoms with Crippen molar-refractivity contribution in [2.45, 2.75) is 32.1 Å². The number of nitro benzene ring substituents is 1. The highest BCUT2D eigenvalue weighted by molar-refractivity contribution is 6.04. The number of allylic oxidation sites excluding steroid dienone is 3. The summed E-state index contributed by atoms with van der Waals surface area (Å²) < 4.78 is 15.8. The van der Waals surface area contributed by atoms with Crippen molar-refractivity contribution in [3.8, 4) is 11.5 Å². The van der Waals surface area contributed by atoms with Crippen LogP contribution < -0.4 is 14.8 Å². The number of methoxy groups -OCH3 is 2. The number of ether oxygens (including phenoxy) is 3. The van der Waals surface area contributed by atoms with E-state index in [9.17, 15) is 19.7 Å². The van der Waals surface area contributed by atoms with E-state index >= 15 is 0 Å². The molecule has 0 spiro atoms. The van der Waals surface area contributed by atoms with Gasteiger partial charge in [-0.3, -0.25) is 14.9 Å². The first-order valence-electron chi connectivity index (χ1n) is 9.76. The van der Waals surface area contributed by atoms with Crippen LogP contribution in [0.5, 0.6) is 11.5 Å². The highest BCUT2D eigenvalue weighted by Crippen LogP contribution is 2.47. The smallest absolute Gasteiger partial charge is 0.337 e. The van der Waals surface area contributed by atoms with E-state index in [2.05, 4.69) is 11.9 Å². The molecule has 0 unspecified atom stereocenters. The van der Waals surface area contributed by atoms with Crippen molar-refractivity contribution in [3.63, 3.8) is 0 Å². The number of nitrogens with zero attached hydrogens (tertiary/aromatic N) is 1. The maximum atomic E-state index is 13.0. The van der Waals surface area contributed by atoms with Crippen LogP contribution in [0.2, 0.25) is 0 Å². The molecule has 1 N–H and O–H groups in total. The van der Waals surface area contributed by atoms with Gasteiger partial charge in [-0.25, -0.2) is 4.79 Å². The average molecular weight is 428 g/mol. The minimum absolute atomic E-state index is 0.0315. The number of carbonyl (C=O) groups is 2. The number of carbonyl (C=O) groups excluding carboxylic acids is 2. The van der Waals surface area contributed by atoms with Gasteiger partial charge in [0, 0.05) is 29.0 Å². The van der Waals surface area contributed by atoms with Gasteiger partial charge in [-0.1, -0.05) is 12.7 Å². The van der Waals surface area contributed by atoms with E-state index in [1.807, 2.05) is 0 Å². The standard InChI is InChI=1S/C22H24N2O7/c1-5-9-31-22(26)19-12(2)23-14-7-6-8-16(25)21(14)20(19)13-10-17(29-3)18(30-4)11-15(13)24(27)28/h5,10-11,20,23H,1,6-9H2,2-4H3/t20-/m1/s1. The minimum atomic E-state index is -0.971. The first-order chi connectivity index (χ1) is 14.8. The van der Waals surface area contributed by atoms with Gasteiger partial charge in [0.05, 0.1) is 36.7 Å². The van der Waals surface area contributed by atoms with Crippen LogP contribution >= 0.6 is 0 Å². The quantitative estimate of drug-likeness (QED) is 0.304. The van der Waals surface area contributed by atoms with Gasteiger partial charge >= 0.3 is 5.97 Å². The summed E-state index contributed by atoms with van der Waals surface area (Å²) in [4.78, 5) is 37.3. The summed E-state index contributed by atoms with van der Waals surface area (Å²) in [6.45, 7) is 5.19. The number of nitro groups is 1. The Morgan fingerprint density at radius 1 is 1.29 bits per heavy atom. The molecule has 1 aliphatic carbocycles. The lowest BCUT2D eigenvalue weighted by molar-refractivity contribution is -0.385. The number of dihydropyridines is 1. The Bertz CT molecular complexity index is 1020. The molecule has 1 aromatic carbocycles. The zero-order valence-corrected chi connectivity index (χ0v) is 17.6. The Labute approximate surface area is 179 Å². The number of hydrogen-bond acceptors (Lipinski definition) is 8. The van der Waals surface area contributed by atoms with Gasteiger partial charge in [0.15, 0.2) is 17.3 Å². The first-order valence-corrected chi connectivity index (χ1v) is 9.76. The molecule has 3 rings (SSSR count). The van der Waals surface area contributed by atoms with Crippen molar-refractivity contribution in [1.29, 1.82) is 0 Å². The molecular formula is C22H24N2O7. The summed E-state index contributed by atoms with van der Waals surface area (Å²) in [6.07, 6.45) is 2.99. The number of nitrogens with one attached hydrogen (secondary N) is 1. The summed E-state index contributed by atoms with van der Waals surface area (Å²) in [6, 6.07) is 2.69. The fourth-order valence-corrected chi connectivity index (χ4v) is 4.05. The highest BCUT2D eigenvalue weighted by atomic mass is 16.6. The average Bonchev–Trinajstić information content (AvgIpc) is 2.75. The van der Waals surface area contributed by atoms with E-state index in [4.69, 9.17) is 14.2 Å². The lowest BCUT2D eigenvalue weighted by Gasteiger charge is -2.34. The van der Waals surface area contributed by atoms with Gasteiger partial charge in [-0.2, -0.15) is 0 Å². The summed E-state index contributed by atoms with van der Waals surface area (Å²) in [5.41, 5.74) is 1.52. The van der Waals surface area contributed by atoms with Crippen molar-refractivity contribution < 1.29 is 28.7 Å². The lowest BCUT2D eigenvalue weighted by Crippen LogP contribution is -2.34. The third-order valence-corrected chi connectivity index (χ3v) is 5.37. The summed E-state index contributed by atoms with van der Waals surface area (Å²) in [7, 11) is 2.78. The predicted octanol–water partition coefficient (Wildman–Crippen LogP) is 3.31. The SMILES string of the molecule is C=CCOC(=O)C1=C(C)NC2=C(C(=O)CCC2)[C@@H]1c1cc(OC)c(OC)cc1[N+](=O)[O-]. The predicted molar refractivity (Wildman–Crippen MR) is 112 cm³/mol. The fourth-order valence-electron chi connectivity index (χ4n) is 4.05. The van der Waals surface area contributed by atoms with Crippen molar-refractivity contribution >= 4 is 17.4 Å². The number of rotatable bonds is 7. The topological polar surface area (TPSA) is 117 Å². The third-order valence-electron chi connectivity index (χ3n) is 5.37. The lowest BCUT2D eigenvalue weighted by atomic mass is 9.74. The number of esters is 1. The Morgan fingerprint density at radius 2 is 1.97 bits per heavy atom. The molecule has 9 nitrogen and oxygen atoms in total. The van der Waals surface area contributed by atoms with E-state index in [0.29, 0.717) is 36.2 Å². The Balaban J connectivity index is 2.30. The van der Waals surface area contributed by atoms with Crippen molar-refractivity contribution in [1.82, 2.24) is 5.32 Å². The molecule has 0 fully saturated rings. The van der Waals surface area contributed by atoms with Crippen molar-refractivity contribution in [3.05, 3.63) is 63.0 Å². The molecule has 1 aliphatic heterocycles. The van der Waals surface area contributed by atoms with Gasteiger partial charge in [-0.15, -0.1) is 0 Å². The summed E-state index contributed by atoms with van der Waals surface area (Å²) in [5.74, 6) is -1.38. The zero-order valence-electron chi connectivity index (χ0n) is 17.6. The molecule has 0 aromatic heterocycles. The molecule has 0 bridgehead atoms. The van der Waals surface area contributed by atoms with Crippen LogP contribution in [0.1, 0.15) is 37.7 Å². The van der Waals surface area contributed by atoms with Gasteiger partial charge in [0.1, 0.15) is 6.61 Å². The van der Waals surface area contributed by atoms with E-state index in [-0.39, 0.29) is 40.7 Å². The molecule has 1 aromatic rings. The molecule has 0 saturated heterocycles. The third kappa shape index (κ3) is 4.03. The number of ketones is 1. The summed E-state index contributed by atoms with van der Waals surface area (Å²) in [5, 5.41) is 15.1. The number of Topliss-reactive ketones (excluding diaryl/α,β-unsaturated/α-hetero) is 1. The van der Waals surface area contributed by atoms with Crippen molar-refractivity contribution in [2.75, 3.05) is 20.8 Å². The van der Waals surface area contributed by atoms with Crippen LogP contribution in [-0.4, -0.2) is 37.5 Å². The second-order valence-electron chi connectivity index (χ2n) is 7.18. The van der Waals surface area contributed by atoms with Crippen LogP contribution in [0.4, 0.5) is 5.69 Å². The van der Waals surface area contributed by atoms with Crippen molar-refractivity contribution in [2.24, 2.45) is 0 Å². The summed E-state index contributed by atoms with van der Waals surface area (Å²) >= 11 is 0. The molecule has 0 radical (unpaired) electrons. The largest absolute Gasteiger partial charge is 0.493 e. The maximum absolute atomic E-state index is 13.0. The molecule has 2 aliphatic rings. The first kappa shape index (κ1) is 22.1. The minimum Gasteiger partial charge on any atom is -0.493 e. The van der Waals surface area contributed by atoms with Gasteiger partial charge in [0.25, 0.3) is 5.69 Å². The van der Waals surface area contributed by atoms with Crippen LogP contribution in [0.3, 0.4) is 0 Å². The van der Waals surface area contributed by atoms with Crippen LogP contribution in [-0.2, 0) is 14.3 Å². The normalized spacial score (nSPS) is 18.2. The van der Waals surface area contributed by atoms with Crippen LogP contribution in [0.25, 0.3) is 0 Å². The zero-order chi connectivity index (χ0) is 22.7. The Hall–Kier alpha value is -3.62. The Kier molecular flexibility index (Phi) is 6.43.